The summed E-state index contributed by atoms with van der Waals surface area (Å²) in [6.45, 7) is 6.39. The van der Waals surface area contributed by atoms with Gasteiger partial charge >= 0.3 is 0 Å². The highest BCUT2D eigenvalue weighted by molar-refractivity contribution is 6.31. The van der Waals surface area contributed by atoms with Crippen molar-refractivity contribution in [2.75, 3.05) is 24.5 Å². The first-order valence-corrected chi connectivity index (χ1v) is 19.5. The molecule has 1 unspecified atom stereocenters. The molecule has 8 rings (SSSR count). The Labute approximate surface area is 324 Å². The predicted octanol–water partition coefficient (Wildman–Crippen LogP) is 5.36. The minimum absolute atomic E-state index is 0.0379. The van der Waals surface area contributed by atoms with Crippen LogP contribution in [0.2, 0.25) is 5.02 Å². The van der Waals surface area contributed by atoms with Crippen LogP contribution in [0.5, 0.6) is 5.75 Å². The topological polar surface area (TPSA) is 152 Å². The number of piperidine rings is 2. The molecule has 5 amide bonds. The molecule has 13 heteroatoms. The third kappa shape index (κ3) is 7.43. The molecule has 5 aliphatic rings. The zero-order valence-electron chi connectivity index (χ0n) is 30.7. The number of nitriles is 1. The van der Waals surface area contributed by atoms with Gasteiger partial charge in [-0.05, 0) is 110 Å². The summed E-state index contributed by atoms with van der Waals surface area (Å²) in [6, 6.07) is 17.8. The van der Waals surface area contributed by atoms with E-state index in [0.29, 0.717) is 46.1 Å². The molecule has 4 aliphatic heterocycles. The summed E-state index contributed by atoms with van der Waals surface area (Å²) in [5.41, 5.74) is 4.98. The molecule has 3 aromatic rings. The molecule has 0 bridgehead atoms. The van der Waals surface area contributed by atoms with Crippen LogP contribution in [-0.2, 0) is 22.7 Å². The van der Waals surface area contributed by atoms with Gasteiger partial charge in [0.05, 0.1) is 27.8 Å². The molecule has 3 aromatic carbocycles. The summed E-state index contributed by atoms with van der Waals surface area (Å²) in [5, 5.41) is 14.9. The fourth-order valence-electron chi connectivity index (χ4n) is 8.82. The Morgan fingerprint density at radius 3 is 2.18 bits per heavy atom. The molecule has 0 radical (unpaired) electrons. The maximum absolute atomic E-state index is 13.3. The Balaban J connectivity index is 0.797. The number of hydrogen-bond acceptors (Lipinski definition) is 9. The Hall–Kier alpha value is -5.25. The van der Waals surface area contributed by atoms with Gasteiger partial charge < -0.3 is 15.0 Å². The number of ether oxygens (including phenoxy) is 1. The first kappa shape index (κ1) is 36.7. The van der Waals surface area contributed by atoms with E-state index in [1.807, 2.05) is 36.4 Å². The number of carbonyl (C=O) groups is 5. The Kier molecular flexibility index (Phi) is 9.86. The van der Waals surface area contributed by atoms with E-state index in [1.54, 1.807) is 18.2 Å². The van der Waals surface area contributed by atoms with E-state index in [-0.39, 0.29) is 42.2 Å². The van der Waals surface area contributed by atoms with Gasteiger partial charge in [-0.15, -0.1) is 0 Å². The van der Waals surface area contributed by atoms with Crippen LogP contribution in [0.4, 0.5) is 5.69 Å². The normalized spacial score (nSPS) is 23.5. The Morgan fingerprint density at radius 2 is 1.58 bits per heavy atom. The van der Waals surface area contributed by atoms with E-state index >= 15 is 0 Å². The lowest BCUT2D eigenvalue weighted by Gasteiger charge is -2.42. The lowest BCUT2D eigenvalue weighted by atomic mass is 9.79. The van der Waals surface area contributed by atoms with E-state index in [0.717, 1.165) is 79.9 Å². The number of nitrogens with one attached hydrogen (secondary N) is 2. The van der Waals surface area contributed by atoms with Crippen LogP contribution < -0.4 is 20.3 Å². The van der Waals surface area contributed by atoms with Gasteiger partial charge in [-0.2, -0.15) is 5.26 Å². The number of halogens is 1. The van der Waals surface area contributed by atoms with Gasteiger partial charge in [-0.1, -0.05) is 18.5 Å². The maximum atomic E-state index is 13.3. The zero-order valence-corrected chi connectivity index (χ0v) is 31.5. The van der Waals surface area contributed by atoms with Crippen LogP contribution >= 0.6 is 11.6 Å². The maximum Gasteiger partial charge on any atom is 0.262 e. The summed E-state index contributed by atoms with van der Waals surface area (Å²) < 4.78 is 6.10. The average Bonchev–Trinajstić information content (AvgIpc) is 3.67. The molecular formula is C42H43ClN6O6. The summed E-state index contributed by atoms with van der Waals surface area (Å²) in [5.74, 6) is -1.35. The molecule has 1 aliphatic carbocycles. The quantitative estimate of drug-likeness (QED) is 0.289. The van der Waals surface area contributed by atoms with Gasteiger partial charge in [0.25, 0.3) is 17.7 Å². The molecule has 1 atom stereocenters. The monoisotopic (exact) mass is 762 g/mol. The molecule has 4 heterocycles. The molecular weight excluding hydrogens is 720 g/mol. The highest BCUT2D eigenvalue weighted by Crippen LogP contribution is 2.38. The number of benzene rings is 3. The lowest BCUT2D eigenvalue weighted by Crippen LogP contribution is -2.54. The molecule has 0 spiro atoms. The highest BCUT2D eigenvalue weighted by Gasteiger charge is 2.45. The minimum Gasteiger partial charge on any atom is -0.490 e. The van der Waals surface area contributed by atoms with Crippen molar-refractivity contribution in [1.29, 1.82) is 5.26 Å². The van der Waals surface area contributed by atoms with Gasteiger partial charge in [-0.3, -0.25) is 39.1 Å². The Bertz CT molecular complexity index is 2070. The SMILES string of the molecule is CC1(CN2Cc3cc4c(cc3C2)C(=O)N(C2CCC(=O)NC2=O)C4=O)CCN(c2ccc(C(=O)N[C@H]3CC[C@H](Oc4ccc(C#N)c(Cl)c4)CC3)cc2)CC1. The van der Waals surface area contributed by atoms with Crippen molar-refractivity contribution in [1.82, 2.24) is 20.4 Å². The van der Waals surface area contributed by atoms with Gasteiger partial charge in [0.1, 0.15) is 17.9 Å². The first-order chi connectivity index (χ1) is 26.5. The number of fused-ring (bicyclic) bond motifs is 2. The second-order valence-corrected chi connectivity index (χ2v) is 16.3. The van der Waals surface area contributed by atoms with Crippen LogP contribution in [-0.4, -0.2) is 77.2 Å². The third-order valence-corrected chi connectivity index (χ3v) is 12.3. The van der Waals surface area contributed by atoms with Crippen molar-refractivity contribution in [2.24, 2.45) is 5.41 Å². The van der Waals surface area contributed by atoms with Crippen molar-refractivity contribution >= 4 is 46.8 Å². The molecule has 2 saturated heterocycles. The Morgan fingerprint density at radius 1 is 0.927 bits per heavy atom. The minimum atomic E-state index is -0.966. The smallest absolute Gasteiger partial charge is 0.262 e. The van der Waals surface area contributed by atoms with Gasteiger partial charge in [0.15, 0.2) is 0 Å². The van der Waals surface area contributed by atoms with E-state index in [9.17, 15) is 24.0 Å². The molecule has 55 heavy (non-hydrogen) atoms. The van der Waals surface area contributed by atoms with Crippen molar-refractivity contribution in [3.05, 3.63) is 93.0 Å². The van der Waals surface area contributed by atoms with Crippen molar-refractivity contribution in [3.63, 3.8) is 0 Å². The molecule has 284 valence electrons. The van der Waals surface area contributed by atoms with E-state index < -0.39 is 23.8 Å². The number of carbonyl (C=O) groups excluding carboxylic acids is 5. The van der Waals surface area contributed by atoms with Crippen molar-refractivity contribution in [3.8, 4) is 11.8 Å². The van der Waals surface area contributed by atoms with Gasteiger partial charge in [-0.25, -0.2) is 0 Å². The van der Waals surface area contributed by atoms with Crippen LogP contribution in [0.3, 0.4) is 0 Å². The fourth-order valence-corrected chi connectivity index (χ4v) is 9.04. The summed E-state index contributed by atoms with van der Waals surface area (Å²) in [4.78, 5) is 69.7. The number of rotatable bonds is 8. The summed E-state index contributed by atoms with van der Waals surface area (Å²) in [7, 11) is 0. The van der Waals surface area contributed by atoms with E-state index in [1.165, 1.54) is 0 Å². The number of imide groups is 2. The number of amides is 5. The highest BCUT2D eigenvalue weighted by atomic mass is 35.5. The second kappa shape index (κ2) is 14.8. The molecule has 2 N–H and O–H groups in total. The summed E-state index contributed by atoms with van der Waals surface area (Å²) >= 11 is 6.15. The van der Waals surface area contributed by atoms with Crippen molar-refractivity contribution in [2.45, 2.75) is 89.6 Å². The molecule has 3 fully saturated rings. The number of nitrogens with zero attached hydrogens (tertiary/aromatic N) is 4. The van der Waals surface area contributed by atoms with Crippen LogP contribution in [0.25, 0.3) is 0 Å². The van der Waals surface area contributed by atoms with Crippen molar-refractivity contribution < 1.29 is 28.7 Å². The van der Waals surface area contributed by atoms with E-state index in [2.05, 4.69) is 33.4 Å². The number of hydrogen-bond donors (Lipinski definition) is 2. The largest absolute Gasteiger partial charge is 0.490 e. The molecule has 0 aromatic heterocycles. The zero-order chi connectivity index (χ0) is 38.4. The average molecular weight is 763 g/mol. The van der Waals surface area contributed by atoms with Crippen LogP contribution in [0.1, 0.15) is 106 Å². The van der Waals surface area contributed by atoms with E-state index in [4.69, 9.17) is 21.6 Å². The van der Waals surface area contributed by atoms with Gasteiger partial charge in [0, 0.05) is 62.5 Å². The summed E-state index contributed by atoms with van der Waals surface area (Å²) in [6.07, 6.45) is 5.55. The first-order valence-electron chi connectivity index (χ1n) is 19.1. The van der Waals surface area contributed by atoms with Crippen LogP contribution in [0.15, 0.2) is 54.6 Å². The standard InChI is InChI=1S/C42H43ClN6O6/c1-42(24-47-22-27-18-33-34(19-28(27)23-47)41(54)49(40(33)53)36-12-13-37(50)46-39(36)52)14-16-48(17-15-42)30-7-2-25(3-8-30)38(51)45-29-5-10-31(11-6-29)55-32-9-4-26(21-44)35(43)20-32/h2-4,7-9,18-20,29,31,36H,5-6,10-17,22-24H2,1H3,(H,45,51)(H,46,50,52)/t29-,31-,36?. The fraction of sp³-hybridized carbons (Fsp3) is 0.429. The molecule has 1 saturated carbocycles. The second-order valence-electron chi connectivity index (χ2n) is 15.9. The third-order valence-electron chi connectivity index (χ3n) is 12.0. The molecule has 12 nitrogen and oxygen atoms in total. The number of anilines is 1. The van der Waals surface area contributed by atoms with Gasteiger partial charge in [0.2, 0.25) is 11.8 Å². The van der Waals surface area contributed by atoms with Crippen LogP contribution in [0, 0.1) is 16.7 Å². The lowest BCUT2D eigenvalue weighted by molar-refractivity contribution is -0.136. The predicted molar refractivity (Wildman–Crippen MR) is 204 cm³/mol.